The fraction of sp³-hybridized carbons (Fsp3) is 0.579. The van der Waals surface area contributed by atoms with Crippen molar-refractivity contribution < 1.29 is 28.9 Å². The SMILES string of the molecule is COc1ccc(CN2C[C@@H](C)O[C@H]([C@@H](O)C(=O)OC(C)(C)C)C2=O)cc1. The van der Waals surface area contributed by atoms with E-state index in [9.17, 15) is 14.7 Å². The number of rotatable bonds is 5. The van der Waals surface area contributed by atoms with E-state index in [1.54, 1.807) is 39.7 Å². The number of carbonyl (C=O) groups is 2. The Hall–Kier alpha value is -2.12. The van der Waals surface area contributed by atoms with Gasteiger partial charge in [0.05, 0.1) is 13.2 Å². The lowest BCUT2D eigenvalue weighted by Crippen LogP contribution is -2.57. The molecule has 1 aromatic carbocycles. The molecule has 1 saturated heterocycles. The monoisotopic (exact) mass is 365 g/mol. The molecule has 7 heteroatoms. The number of aliphatic hydroxyl groups excluding tert-OH is 1. The van der Waals surface area contributed by atoms with Gasteiger partial charge in [-0.15, -0.1) is 0 Å². The van der Waals surface area contributed by atoms with Gasteiger partial charge in [0, 0.05) is 13.1 Å². The van der Waals surface area contributed by atoms with Crippen molar-refractivity contribution in [2.24, 2.45) is 0 Å². The number of hydrogen-bond donors (Lipinski definition) is 1. The average Bonchev–Trinajstić information content (AvgIpc) is 2.56. The molecule has 2 rings (SSSR count). The second kappa shape index (κ2) is 8.05. The molecule has 0 radical (unpaired) electrons. The van der Waals surface area contributed by atoms with Gasteiger partial charge in [0.15, 0.2) is 12.2 Å². The Labute approximate surface area is 153 Å². The van der Waals surface area contributed by atoms with Crippen LogP contribution in [-0.4, -0.2) is 59.5 Å². The second-order valence-corrected chi connectivity index (χ2v) is 7.41. The normalized spacial score (nSPS) is 22.1. The average molecular weight is 365 g/mol. The van der Waals surface area contributed by atoms with E-state index in [4.69, 9.17) is 14.2 Å². The third-order valence-corrected chi connectivity index (χ3v) is 3.88. The molecule has 1 aliphatic rings. The van der Waals surface area contributed by atoms with E-state index in [0.29, 0.717) is 13.1 Å². The Morgan fingerprint density at radius 2 is 1.96 bits per heavy atom. The Morgan fingerprint density at radius 1 is 1.35 bits per heavy atom. The Balaban J connectivity index is 2.09. The first-order valence-corrected chi connectivity index (χ1v) is 8.59. The van der Waals surface area contributed by atoms with Crippen LogP contribution in [0, 0.1) is 0 Å². The van der Waals surface area contributed by atoms with Crippen molar-refractivity contribution in [1.82, 2.24) is 4.90 Å². The van der Waals surface area contributed by atoms with Crippen LogP contribution in [0.4, 0.5) is 0 Å². The minimum atomic E-state index is -1.66. The molecule has 1 aliphatic heterocycles. The molecule has 0 saturated carbocycles. The molecule has 26 heavy (non-hydrogen) atoms. The van der Waals surface area contributed by atoms with Crippen LogP contribution < -0.4 is 4.74 Å². The van der Waals surface area contributed by atoms with Crippen molar-refractivity contribution in [2.75, 3.05) is 13.7 Å². The standard InChI is InChI=1S/C19H27NO6/c1-12-10-20(11-13-6-8-14(24-5)9-7-13)17(22)16(25-12)15(21)18(23)26-19(2,3)4/h6-9,12,15-16,21H,10-11H2,1-5H3/t12-,15-,16-/m1/s1. The Bertz CT molecular complexity index is 636. The zero-order chi connectivity index (χ0) is 19.5. The smallest absolute Gasteiger partial charge is 0.338 e. The number of amides is 1. The molecule has 1 N–H and O–H groups in total. The second-order valence-electron chi connectivity index (χ2n) is 7.41. The van der Waals surface area contributed by atoms with Gasteiger partial charge in [-0.25, -0.2) is 4.79 Å². The molecule has 0 bridgehead atoms. The highest BCUT2D eigenvalue weighted by atomic mass is 16.6. The molecular formula is C19H27NO6. The van der Waals surface area contributed by atoms with Crippen LogP contribution in [0.25, 0.3) is 0 Å². The number of nitrogens with zero attached hydrogens (tertiary/aromatic N) is 1. The first-order valence-electron chi connectivity index (χ1n) is 8.59. The van der Waals surface area contributed by atoms with E-state index in [0.717, 1.165) is 11.3 Å². The van der Waals surface area contributed by atoms with E-state index < -0.39 is 29.7 Å². The summed E-state index contributed by atoms with van der Waals surface area (Å²) in [6, 6.07) is 7.37. The number of esters is 1. The van der Waals surface area contributed by atoms with Crippen LogP contribution in [0.5, 0.6) is 5.75 Å². The highest BCUT2D eigenvalue weighted by Gasteiger charge is 2.42. The van der Waals surface area contributed by atoms with Gasteiger partial charge in [0.2, 0.25) is 0 Å². The summed E-state index contributed by atoms with van der Waals surface area (Å²) in [4.78, 5) is 26.4. The van der Waals surface area contributed by atoms with Crippen LogP contribution in [0.2, 0.25) is 0 Å². The number of benzene rings is 1. The molecular weight excluding hydrogens is 338 g/mol. The number of hydrogen-bond acceptors (Lipinski definition) is 6. The summed E-state index contributed by atoms with van der Waals surface area (Å²) in [5.74, 6) is -0.569. The zero-order valence-electron chi connectivity index (χ0n) is 15.9. The van der Waals surface area contributed by atoms with Gasteiger partial charge in [-0.05, 0) is 45.4 Å². The molecule has 1 heterocycles. The predicted octanol–water partition coefficient (Wildman–Crippen LogP) is 1.51. The summed E-state index contributed by atoms with van der Waals surface area (Å²) in [5, 5.41) is 10.3. The van der Waals surface area contributed by atoms with Crippen LogP contribution >= 0.6 is 0 Å². The molecule has 0 aromatic heterocycles. The summed E-state index contributed by atoms with van der Waals surface area (Å²) < 4.78 is 15.8. The van der Waals surface area contributed by atoms with E-state index in [1.807, 2.05) is 24.3 Å². The van der Waals surface area contributed by atoms with Crippen LogP contribution in [0.3, 0.4) is 0 Å². The summed E-state index contributed by atoms with van der Waals surface area (Å²) in [6.07, 6.45) is -3.25. The van der Waals surface area contributed by atoms with Crippen LogP contribution in [-0.2, 0) is 25.6 Å². The van der Waals surface area contributed by atoms with Crippen molar-refractivity contribution in [1.29, 1.82) is 0 Å². The third kappa shape index (κ3) is 5.19. The minimum Gasteiger partial charge on any atom is -0.497 e. The largest absolute Gasteiger partial charge is 0.497 e. The van der Waals surface area contributed by atoms with Crippen molar-refractivity contribution >= 4 is 11.9 Å². The molecule has 144 valence electrons. The topological polar surface area (TPSA) is 85.3 Å². The number of ether oxygens (including phenoxy) is 3. The quantitative estimate of drug-likeness (QED) is 0.796. The van der Waals surface area contributed by atoms with Crippen molar-refractivity contribution in [2.45, 2.75) is 58.2 Å². The Morgan fingerprint density at radius 3 is 2.50 bits per heavy atom. The van der Waals surface area contributed by atoms with Gasteiger partial charge in [-0.2, -0.15) is 0 Å². The fourth-order valence-electron chi connectivity index (χ4n) is 2.72. The highest BCUT2D eigenvalue weighted by Crippen LogP contribution is 2.21. The molecule has 0 spiro atoms. The summed E-state index contributed by atoms with van der Waals surface area (Å²) in [7, 11) is 1.59. The molecule has 1 fully saturated rings. The van der Waals surface area contributed by atoms with Gasteiger partial charge in [-0.1, -0.05) is 12.1 Å². The minimum absolute atomic E-state index is 0.312. The van der Waals surface area contributed by atoms with E-state index in [2.05, 4.69) is 0 Å². The zero-order valence-corrected chi connectivity index (χ0v) is 15.9. The molecule has 0 aliphatic carbocycles. The number of aliphatic hydroxyl groups is 1. The van der Waals surface area contributed by atoms with Crippen molar-refractivity contribution in [3.8, 4) is 5.75 Å². The van der Waals surface area contributed by atoms with Crippen LogP contribution in [0.1, 0.15) is 33.3 Å². The van der Waals surface area contributed by atoms with Crippen LogP contribution in [0.15, 0.2) is 24.3 Å². The lowest BCUT2D eigenvalue weighted by atomic mass is 10.1. The maximum atomic E-state index is 12.7. The van der Waals surface area contributed by atoms with Crippen molar-refractivity contribution in [3.05, 3.63) is 29.8 Å². The summed E-state index contributed by atoms with van der Waals surface area (Å²) in [6.45, 7) is 7.61. The molecule has 1 aromatic rings. The lowest BCUT2D eigenvalue weighted by Gasteiger charge is -2.37. The van der Waals surface area contributed by atoms with Gasteiger partial charge in [0.1, 0.15) is 11.4 Å². The third-order valence-electron chi connectivity index (χ3n) is 3.88. The summed E-state index contributed by atoms with van der Waals surface area (Å²) >= 11 is 0. The predicted molar refractivity (Wildman–Crippen MR) is 94.6 cm³/mol. The highest BCUT2D eigenvalue weighted by molar-refractivity contribution is 5.89. The number of carbonyl (C=O) groups excluding carboxylic acids is 2. The summed E-state index contributed by atoms with van der Waals surface area (Å²) in [5.41, 5.74) is 0.156. The number of methoxy groups -OCH3 is 1. The molecule has 1 amide bonds. The lowest BCUT2D eigenvalue weighted by molar-refractivity contribution is -0.191. The van der Waals surface area contributed by atoms with E-state index in [1.165, 1.54) is 0 Å². The van der Waals surface area contributed by atoms with Crippen molar-refractivity contribution in [3.63, 3.8) is 0 Å². The number of morpholine rings is 1. The maximum Gasteiger partial charge on any atom is 0.338 e. The van der Waals surface area contributed by atoms with Gasteiger partial charge >= 0.3 is 5.97 Å². The molecule has 3 atom stereocenters. The van der Waals surface area contributed by atoms with E-state index in [-0.39, 0.29) is 6.10 Å². The first-order chi connectivity index (χ1) is 12.1. The fourth-order valence-corrected chi connectivity index (χ4v) is 2.72. The maximum absolute atomic E-state index is 12.7. The first kappa shape index (κ1) is 20.2. The van der Waals surface area contributed by atoms with Gasteiger partial charge in [0.25, 0.3) is 5.91 Å². The van der Waals surface area contributed by atoms with E-state index >= 15 is 0 Å². The van der Waals surface area contributed by atoms with Gasteiger partial charge in [-0.3, -0.25) is 4.79 Å². The molecule has 0 unspecified atom stereocenters. The van der Waals surface area contributed by atoms with Gasteiger partial charge < -0.3 is 24.2 Å². The Kier molecular flexibility index (Phi) is 6.26. The molecule has 7 nitrogen and oxygen atoms in total.